The normalized spacial score (nSPS) is 21.3. The topological polar surface area (TPSA) is 44.4 Å². The molecular weight excluding hydrogens is 350 g/mol. The minimum absolute atomic E-state index is 0.0525. The van der Waals surface area contributed by atoms with E-state index in [2.05, 4.69) is 50.5 Å². The van der Waals surface area contributed by atoms with Gasteiger partial charge >= 0.3 is 0 Å². The molecule has 0 aliphatic carbocycles. The van der Waals surface area contributed by atoms with Gasteiger partial charge in [-0.05, 0) is 41.0 Å². The summed E-state index contributed by atoms with van der Waals surface area (Å²) >= 11 is 5.68. The highest BCUT2D eigenvalue weighted by Gasteiger charge is 2.31. The van der Waals surface area contributed by atoms with Crippen LogP contribution in [-0.4, -0.2) is 37.0 Å². The van der Waals surface area contributed by atoms with Crippen LogP contribution in [0.4, 0.5) is 11.4 Å². The number of benzene rings is 1. The van der Waals surface area contributed by atoms with Gasteiger partial charge in [0, 0.05) is 40.3 Å². The van der Waals surface area contributed by atoms with E-state index in [-0.39, 0.29) is 11.9 Å². The van der Waals surface area contributed by atoms with E-state index in [9.17, 15) is 4.79 Å². The maximum atomic E-state index is 12.1. The van der Waals surface area contributed by atoms with Crippen LogP contribution in [0.25, 0.3) is 0 Å². The zero-order valence-corrected chi connectivity index (χ0v) is 14.5. The summed E-state index contributed by atoms with van der Waals surface area (Å²) in [4.78, 5) is 14.5. The van der Waals surface area contributed by atoms with Crippen molar-refractivity contribution in [1.29, 1.82) is 0 Å². The van der Waals surface area contributed by atoms with Gasteiger partial charge < -0.3 is 15.5 Å². The molecule has 1 aromatic rings. The number of fused-ring (bicyclic) bond motifs is 1. The Labute approximate surface area is 138 Å². The third-order valence-corrected chi connectivity index (χ3v) is 5.48. The number of hydrogen-bond acceptors (Lipinski definition) is 4. The van der Waals surface area contributed by atoms with Gasteiger partial charge in [-0.15, -0.1) is 0 Å². The fourth-order valence-electron chi connectivity index (χ4n) is 2.81. The van der Waals surface area contributed by atoms with Crippen molar-refractivity contribution in [3.8, 4) is 0 Å². The zero-order valence-electron chi connectivity index (χ0n) is 12.1. The van der Waals surface area contributed by atoms with Gasteiger partial charge in [0.15, 0.2) is 0 Å². The second kappa shape index (κ2) is 6.58. The molecule has 114 valence electrons. The van der Waals surface area contributed by atoms with Gasteiger partial charge in [0.25, 0.3) is 0 Å². The molecule has 4 nitrogen and oxygen atoms in total. The zero-order chi connectivity index (χ0) is 14.8. The highest BCUT2D eigenvalue weighted by atomic mass is 79.9. The van der Waals surface area contributed by atoms with Crippen molar-refractivity contribution in [1.82, 2.24) is 5.32 Å². The van der Waals surface area contributed by atoms with Crippen molar-refractivity contribution in [2.24, 2.45) is 0 Å². The van der Waals surface area contributed by atoms with E-state index in [1.54, 1.807) is 0 Å². The molecule has 0 radical (unpaired) electrons. The molecule has 3 rings (SSSR count). The van der Waals surface area contributed by atoms with Gasteiger partial charge in [-0.3, -0.25) is 4.79 Å². The number of nitrogens with one attached hydrogen (secondary N) is 2. The van der Waals surface area contributed by atoms with Crippen molar-refractivity contribution in [2.45, 2.75) is 19.4 Å². The van der Waals surface area contributed by atoms with Gasteiger partial charge in [0.1, 0.15) is 6.04 Å². The van der Waals surface area contributed by atoms with E-state index in [0.29, 0.717) is 0 Å². The van der Waals surface area contributed by atoms with Gasteiger partial charge in [0.05, 0.1) is 5.69 Å². The van der Waals surface area contributed by atoms with E-state index >= 15 is 0 Å². The highest BCUT2D eigenvalue weighted by molar-refractivity contribution is 9.10. The largest absolute Gasteiger partial charge is 0.369 e. The van der Waals surface area contributed by atoms with Gasteiger partial charge in [-0.25, -0.2) is 0 Å². The Bertz CT molecular complexity index is 546. The summed E-state index contributed by atoms with van der Waals surface area (Å²) in [6.45, 7) is 5.08. The molecule has 0 bridgehead atoms. The number of carbonyl (C=O) groups excluding carboxylic acids is 1. The lowest BCUT2D eigenvalue weighted by atomic mass is 10.1. The molecule has 2 N–H and O–H groups in total. The molecule has 0 spiro atoms. The molecule has 2 aliphatic heterocycles. The Morgan fingerprint density at radius 3 is 2.90 bits per heavy atom. The van der Waals surface area contributed by atoms with Crippen molar-refractivity contribution in [2.75, 3.05) is 41.4 Å². The second-order valence-electron chi connectivity index (χ2n) is 5.37. The monoisotopic (exact) mass is 369 g/mol. The molecule has 1 saturated heterocycles. The molecule has 2 heterocycles. The molecule has 0 saturated carbocycles. The second-order valence-corrected chi connectivity index (χ2v) is 7.45. The van der Waals surface area contributed by atoms with Crippen LogP contribution < -0.4 is 15.5 Å². The number of rotatable bonds is 4. The van der Waals surface area contributed by atoms with Crippen molar-refractivity contribution in [3.63, 3.8) is 0 Å². The molecule has 1 aromatic carbocycles. The highest BCUT2D eigenvalue weighted by Crippen LogP contribution is 2.39. The maximum Gasteiger partial charge on any atom is 0.246 e. The SMILES string of the molecule is CCCNC1C(=O)Nc2cc(N3CCSCC3)c(Br)cc21. The average molecular weight is 370 g/mol. The maximum absolute atomic E-state index is 12.1. The van der Waals surface area contributed by atoms with E-state index < -0.39 is 0 Å². The molecule has 1 unspecified atom stereocenters. The van der Waals surface area contributed by atoms with Crippen LogP contribution in [0.3, 0.4) is 0 Å². The number of halogens is 1. The fraction of sp³-hybridized carbons (Fsp3) is 0.533. The number of thioether (sulfide) groups is 1. The molecule has 1 amide bonds. The summed E-state index contributed by atoms with van der Waals surface area (Å²) in [6, 6.07) is 3.99. The van der Waals surface area contributed by atoms with Crippen LogP contribution >= 0.6 is 27.7 Å². The van der Waals surface area contributed by atoms with Gasteiger partial charge in [-0.1, -0.05) is 6.92 Å². The van der Waals surface area contributed by atoms with Gasteiger partial charge in [-0.2, -0.15) is 11.8 Å². The first-order valence-electron chi connectivity index (χ1n) is 7.41. The van der Waals surface area contributed by atoms with Crippen LogP contribution in [0.5, 0.6) is 0 Å². The summed E-state index contributed by atoms with van der Waals surface area (Å²) in [5.74, 6) is 2.38. The Morgan fingerprint density at radius 1 is 1.43 bits per heavy atom. The van der Waals surface area contributed by atoms with Crippen molar-refractivity contribution in [3.05, 3.63) is 22.2 Å². The summed E-state index contributed by atoms with van der Waals surface area (Å²) < 4.78 is 1.08. The number of carbonyl (C=O) groups is 1. The Kier molecular flexibility index (Phi) is 4.76. The number of nitrogens with zero attached hydrogens (tertiary/aromatic N) is 1. The van der Waals surface area contributed by atoms with Crippen LogP contribution in [0.2, 0.25) is 0 Å². The van der Waals surface area contributed by atoms with E-state index in [1.807, 2.05) is 11.8 Å². The molecule has 1 atom stereocenters. The minimum atomic E-state index is -0.220. The molecule has 2 aliphatic rings. The van der Waals surface area contributed by atoms with Crippen molar-refractivity contribution < 1.29 is 4.79 Å². The predicted molar refractivity (Wildman–Crippen MR) is 93.3 cm³/mol. The summed E-state index contributed by atoms with van der Waals surface area (Å²) in [5.41, 5.74) is 3.19. The Morgan fingerprint density at radius 2 is 2.19 bits per heavy atom. The summed E-state index contributed by atoms with van der Waals surface area (Å²) in [7, 11) is 0. The first-order chi connectivity index (χ1) is 10.2. The molecule has 21 heavy (non-hydrogen) atoms. The number of anilines is 2. The van der Waals surface area contributed by atoms with Gasteiger partial charge in [0.2, 0.25) is 5.91 Å². The quantitative estimate of drug-likeness (QED) is 0.855. The number of hydrogen-bond donors (Lipinski definition) is 2. The van der Waals surface area contributed by atoms with Crippen LogP contribution in [0.1, 0.15) is 24.9 Å². The summed E-state index contributed by atoms with van der Waals surface area (Å²) in [6.07, 6.45) is 1.02. The first kappa shape index (κ1) is 15.2. The van der Waals surface area contributed by atoms with Crippen molar-refractivity contribution >= 4 is 45.0 Å². The average Bonchev–Trinajstić information content (AvgIpc) is 2.80. The summed E-state index contributed by atoms with van der Waals surface area (Å²) in [5, 5.41) is 6.32. The lowest BCUT2D eigenvalue weighted by Gasteiger charge is -2.30. The molecule has 1 fully saturated rings. The molecule has 0 aromatic heterocycles. The minimum Gasteiger partial charge on any atom is -0.369 e. The van der Waals surface area contributed by atoms with Crippen LogP contribution in [0.15, 0.2) is 16.6 Å². The Hall–Kier alpha value is -0.720. The van der Waals surface area contributed by atoms with Crippen LogP contribution in [-0.2, 0) is 4.79 Å². The Balaban J connectivity index is 1.88. The molecule has 6 heteroatoms. The van der Waals surface area contributed by atoms with E-state index in [1.165, 1.54) is 5.69 Å². The number of amides is 1. The predicted octanol–water partition coefficient (Wildman–Crippen LogP) is 3.00. The third-order valence-electron chi connectivity index (χ3n) is 3.90. The van der Waals surface area contributed by atoms with E-state index in [0.717, 1.165) is 53.3 Å². The first-order valence-corrected chi connectivity index (χ1v) is 9.36. The van der Waals surface area contributed by atoms with Crippen LogP contribution in [0, 0.1) is 0 Å². The fourth-order valence-corrected chi connectivity index (χ4v) is 4.32. The standard InChI is InChI=1S/C15H20BrN3OS/c1-2-3-17-14-10-8-11(16)13(9-12(10)18-15(14)20)19-4-6-21-7-5-19/h8-9,14,17H,2-7H2,1H3,(H,18,20). The van der Waals surface area contributed by atoms with E-state index in [4.69, 9.17) is 0 Å². The molecular formula is C15H20BrN3OS. The smallest absolute Gasteiger partial charge is 0.246 e. The lowest BCUT2D eigenvalue weighted by molar-refractivity contribution is -0.117. The third kappa shape index (κ3) is 3.07. The lowest BCUT2D eigenvalue weighted by Crippen LogP contribution is -2.32.